The summed E-state index contributed by atoms with van der Waals surface area (Å²) in [7, 11) is -3.31. The lowest BCUT2D eigenvalue weighted by Crippen LogP contribution is -2.40. The largest absolute Gasteiger partial charge is 0.378 e. The molecule has 0 saturated carbocycles. The zero-order chi connectivity index (χ0) is 21.0. The van der Waals surface area contributed by atoms with E-state index in [4.69, 9.17) is 4.74 Å². The van der Waals surface area contributed by atoms with Crippen molar-refractivity contribution in [1.29, 1.82) is 0 Å². The number of carbonyl (C=O) groups excluding carboxylic acids is 2. The van der Waals surface area contributed by atoms with Gasteiger partial charge in [0.25, 0.3) is 5.91 Å². The van der Waals surface area contributed by atoms with Gasteiger partial charge in [0.2, 0.25) is 5.91 Å². The summed E-state index contributed by atoms with van der Waals surface area (Å²) >= 11 is 0. The van der Waals surface area contributed by atoms with Gasteiger partial charge < -0.3 is 15.0 Å². The lowest BCUT2D eigenvalue weighted by Gasteiger charge is -2.27. The van der Waals surface area contributed by atoms with Crippen molar-refractivity contribution in [2.45, 2.75) is 11.3 Å². The van der Waals surface area contributed by atoms with Gasteiger partial charge in [-0.3, -0.25) is 9.59 Å². The predicted octanol–water partition coefficient (Wildman–Crippen LogP) is 1.88. The van der Waals surface area contributed by atoms with Crippen LogP contribution in [0, 0.1) is 5.82 Å². The van der Waals surface area contributed by atoms with Gasteiger partial charge in [-0.05, 0) is 35.9 Å². The maximum Gasteiger partial charge on any atom is 0.254 e. The van der Waals surface area contributed by atoms with Crippen LogP contribution in [0.3, 0.4) is 0 Å². The van der Waals surface area contributed by atoms with E-state index in [2.05, 4.69) is 5.32 Å². The van der Waals surface area contributed by atoms with Crippen LogP contribution in [0.4, 0.5) is 10.1 Å². The molecule has 7 nitrogen and oxygen atoms in total. The molecule has 9 heteroatoms. The summed E-state index contributed by atoms with van der Waals surface area (Å²) in [5, 5.41) is 2.58. The van der Waals surface area contributed by atoms with Gasteiger partial charge in [0, 0.05) is 30.6 Å². The van der Waals surface area contributed by atoms with E-state index in [9.17, 15) is 22.4 Å². The van der Waals surface area contributed by atoms with Crippen LogP contribution in [0.15, 0.2) is 47.4 Å². The molecule has 1 aliphatic rings. The summed E-state index contributed by atoms with van der Waals surface area (Å²) in [6, 6.07) is 9.67. The van der Waals surface area contributed by atoms with Crippen molar-refractivity contribution in [2.75, 3.05) is 37.9 Å². The number of sulfone groups is 1. The van der Waals surface area contributed by atoms with Crippen LogP contribution >= 0.6 is 0 Å². The second-order valence-corrected chi connectivity index (χ2v) is 8.79. The van der Waals surface area contributed by atoms with Crippen molar-refractivity contribution >= 4 is 27.3 Å². The molecule has 1 fully saturated rings. The highest BCUT2D eigenvalue weighted by atomic mass is 32.2. The number of carbonyl (C=O) groups is 2. The van der Waals surface area contributed by atoms with Gasteiger partial charge in [0.05, 0.1) is 24.5 Å². The molecule has 0 aromatic heterocycles. The van der Waals surface area contributed by atoms with Gasteiger partial charge in [-0.25, -0.2) is 12.8 Å². The molecule has 1 N–H and O–H groups in total. The van der Waals surface area contributed by atoms with Crippen molar-refractivity contribution in [1.82, 2.24) is 4.90 Å². The highest BCUT2D eigenvalue weighted by Gasteiger charge is 2.20. The number of nitrogens with zero attached hydrogens (tertiary/aromatic N) is 1. The maximum absolute atomic E-state index is 14.0. The minimum absolute atomic E-state index is 0.0205. The molecule has 2 amide bonds. The maximum atomic E-state index is 14.0. The van der Waals surface area contributed by atoms with Crippen LogP contribution in [-0.2, 0) is 25.8 Å². The third-order valence-corrected chi connectivity index (χ3v) is 5.57. The van der Waals surface area contributed by atoms with E-state index < -0.39 is 21.6 Å². The second kappa shape index (κ2) is 8.71. The van der Waals surface area contributed by atoms with E-state index >= 15 is 0 Å². The smallest absolute Gasteiger partial charge is 0.254 e. The summed E-state index contributed by atoms with van der Waals surface area (Å²) < 4.78 is 42.2. The molecule has 2 aromatic carbocycles. The van der Waals surface area contributed by atoms with Crippen LogP contribution < -0.4 is 5.32 Å². The molecule has 154 valence electrons. The van der Waals surface area contributed by atoms with Gasteiger partial charge in [-0.2, -0.15) is 0 Å². The molecule has 0 aliphatic carbocycles. The molecule has 0 bridgehead atoms. The van der Waals surface area contributed by atoms with E-state index in [0.29, 0.717) is 31.9 Å². The van der Waals surface area contributed by atoms with E-state index in [1.165, 1.54) is 18.2 Å². The van der Waals surface area contributed by atoms with Crippen molar-refractivity contribution in [3.05, 3.63) is 59.4 Å². The predicted molar refractivity (Wildman–Crippen MR) is 105 cm³/mol. The van der Waals surface area contributed by atoms with Gasteiger partial charge in [0.1, 0.15) is 5.82 Å². The number of ether oxygens (including phenoxy) is 1. The number of morpholine rings is 1. The fourth-order valence-electron chi connectivity index (χ4n) is 2.98. The van der Waals surface area contributed by atoms with E-state index in [0.717, 1.165) is 18.4 Å². The van der Waals surface area contributed by atoms with Gasteiger partial charge in [-0.1, -0.05) is 12.1 Å². The van der Waals surface area contributed by atoms with Crippen molar-refractivity contribution < 1.29 is 27.1 Å². The Kier molecular flexibility index (Phi) is 6.29. The Morgan fingerprint density at radius 3 is 2.38 bits per heavy atom. The summed E-state index contributed by atoms with van der Waals surface area (Å²) in [6.45, 7) is 1.73. The number of amides is 2. The molecule has 1 saturated heterocycles. The Hall–Kier alpha value is -2.78. The zero-order valence-electron chi connectivity index (χ0n) is 15.9. The highest BCUT2D eigenvalue weighted by molar-refractivity contribution is 7.90. The SMILES string of the molecule is CS(=O)(=O)c1ccc(CC(=O)Nc2cc(F)cc(C(=O)N3CCOCC3)c2)cc1. The summed E-state index contributed by atoms with van der Waals surface area (Å²) in [5.41, 5.74) is 0.940. The first kappa shape index (κ1) is 20.9. The van der Waals surface area contributed by atoms with Gasteiger partial charge >= 0.3 is 0 Å². The number of anilines is 1. The van der Waals surface area contributed by atoms with E-state index in [-0.39, 0.29) is 28.5 Å². The second-order valence-electron chi connectivity index (χ2n) is 6.77. The van der Waals surface area contributed by atoms with Crippen LogP contribution in [0.2, 0.25) is 0 Å². The number of nitrogens with one attached hydrogen (secondary N) is 1. The van der Waals surface area contributed by atoms with Crippen molar-refractivity contribution in [3.63, 3.8) is 0 Å². The first-order valence-corrected chi connectivity index (χ1v) is 10.9. The number of hydrogen-bond donors (Lipinski definition) is 1. The molecule has 0 radical (unpaired) electrons. The first-order valence-electron chi connectivity index (χ1n) is 8.99. The quantitative estimate of drug-likeness (QED) is 0.797. The van der Waals surface area contributed by atoms with Crippen molar-refractivity contribution in [3.8, 4) is 0 Å². The summed E-state index contributed by atoms with van der Waals surface area (Å²) in [4.78, 5) is 26.6. The Balaban J connectivity index is 1.68. The lowest BCUT2D eigenvalue weighted by atomic mass is 10.1. The van der Waals surface area contributed by atoms with E-state index in [1.807, 2.05) is 0 Å². The third kappa shape index (κ3) is 5.61. The average molecular weight is 420 g/mol. The number of halogens is 1. The van der Waals surface area contributed by atoms with Crippen LogP contribution in [0.5, 0.6) is 0 Å². The Bertz CT molecular complexity index is 1020. The zero-order valence-corrected chi connectivity index (χ0v) is 16.7. The van der Waals surface area contributed by atoms with Crippen LogP contribution in [0.25, 0.3) is 0 Å². The lowest BCUT2D eigenvalue weighted by molar-refractivity contribution is -0.115. The third-order valence-electron chi connectivity index (χ3n) is 4.44. The first-order chi connectivity index (χ1) is 13.7. The Labute approximate surface area is 168 Å². The van der Waals surface area contributed by atoms with E-state index in [1.54, 1.807) is 17.0 Å². The topological polar surface area (TPSA) is 92.8 Å². The molecule has 1 heterocycles. The fraction of sp³-hybridized carbons (Fsp3) is 0.300. The molecule has 2 aromatic rings. The Morgan fingerprint density at radius 1 is 1.10 bits per heavy atom. The number of rotatable bonds is 5. The standard InChI is InChI=1S/C20H21FN2O5S/c1-29(26,27)18-4-2-14(3-5-18)10-19(24)22-17-12-15(11-16(21)13-17)20(25)23-6-8-28-9-7-23/h2-5,11-13H,6-10H2,1H3,(H,22,24). The minimum atomic E-state index is -3.31. The monoisotopic (exact) mass is 420 g/mol. The Morgan fingerprint density at radius 2 is 1.76 bits per heavy atom. The molecule has 3 rings (SSSR count). The van der Waals surface area contributed by atoms with Gasteiger partial charge in [0.15, 0.2) is 9.84 Å². The van der Waals surface area contributed by atoms with Gasteiger partial charge in [-0.15, -0.1) is 0 Å². The fourth-order valence-corrected chi connectivity index (χ4v) is 3.61. The minimum Gasteiger partial charge on any atom is -0.378 e. The summed E-state index contributed by atoms with van der Waals surface area (Å²) in [5.74, 6) is -1.36. The number of hydrogen-bond acceptors (Lipinski definition) is 5. The van der Waals surface area contributed by atoms with Crippen LogP contribution in [0.1, 0.15) is 15.9 Å². The molecule has 0 unspecified atom stereocenters. The molecular weight excluding hydrogens is 399 g/mol. The molecule has 1 aliphatic heterocycles. The normalized spacial score (nSPS) is 14.5. The van der Waals surface area contributed by atoms with Crippen molar-refractivity contribution in [2.24, 2.45) is 0 Å². The van der Waals surface area contributed by atoms with Crippen LogP contribution in [-0.4, -0.2) is 57.7 Å². The molecular formula is C20H21FN2O5S. The molecule has 0 spiro atoms. The highest BCUT2D eigenvalue weighted by Crippen LogP contribution is 2.18. The summed E-state index contributed by atoms with van der Waals surface area (Å²) in [6.07, 6.45) is 1.09. The molecule has 29 heavy (non-hydrogen) atoms. The number of benzene rings is 2. The molecule has 0 atom stereocenters. The average Bonchev–Trinajstić information content (AvgIpc) is 2.67.